The van der Waals surface area contributed by atoms with Gasteiger partial charge >= 0.3 is 6.09 Å². The number of rotatable bonds is 3. The van der Waals surface area contributed by atoms with Crippen LogP contribution in [0.1, 0.15) is 52.5 Å². The van der Waals surface area contributed by atoms with Gasteiger partial charge in [-0.25, -0.2) is 4.79 Å². The van der Waals surface area contributed by atoms with Crippen molar-refractivity contribution >= 4 is 23.5 Å². The van der Waals surface area contributed by atoms with Crippen LogP contribution in [-0.2, 0) is 11.2 Å². The molecule has 7 heteroatoms. The average molecular weight is 341 g/mol. The third-order valence-electron chi connectivity index (χ3n) is 3.66. The summed E-state index contributed by atoms with van der Waals surface area (Å²) < 4.78 is 5.51. The largest absolute Gasteiger partial charge is 0.444 e. The second kappa shape index (κ2) is 7.34. The van der Waals surface area contributed by atoms with Crippen LogP contribution < -0.4 is 5.32 Å². The molecule has 1 saturated heterocycles. The zero-order valence-electron chi connectivity index (χ0n) is 14.2. The third kappa shape index (κ3) is 4.96. The van der Waals surface area contributed by atoms with Crippen LogP contribution in [0.5, 0.6) is 0 Å². The van der Waals surface area contributed by atoms with E-state index in [1.165, 1.54) is 0 Å². The SMILES string of the molecule is CCc1cc(Cl)nnc1NC1CCCCN1C(=O)OC(C)(C)C. The average Bonchev–Trinajstić information content (AvgIpc) is 2.47. The molecular formula is C16H25ClN4O2. The summed E-state index contributed by atoms with van der Waals surface area (Å²) in [6.45, 7) is 8.32. The summed E-state index contributed by atoms with van der Waals surface area (Å²) in [6, 6.07) is 1.80. The van der Waals surface area contributed by atoms with Crippen LogP contribution in [0.25, 0.3) is 0 Å². The van der Waals surface area contributed by atoms with E-state index in [1.54, 1.807) is 11.0 Å². The van der Waals surface area contributed by atoms with Gasteiger partial charge in [-0.3, -0.25) is 4.90 Å². The Hall–Kier alpha value is -1.56. The number of hydrogen-bond donors (Lipinski definition) is 1. The zero-order valence-corrected chi connectivity index (χ0v) is 15.0. The van der Waals surface area contributed by atoms with Crippen molar-refractivity contribution in [2.24, 2.45) is 0 Å². The van der Waals surface area contributed by atoms with Crippen molar-refractivity contribution in [3.05, 3.63) is 16.8 Å². The Morgan fingerprint density at radius 1 is 1.43 bits per heavy atom. The number of ether oxygens (including phenoxy) is 1. The van der Waals surface area contributed by atoms with Crippen LogP contribution in [0, 0.1) is 0 Å². The van der Waals surface area contributed by atoms with Crippen LogP contribution in [0.2, 0.25) is 5.15 Å². The molecule has 1 N–H and O–H groups in total. The monoisotopic (exact) mass is 340 g/mol. The molecule has 128 valence electrons. The van der Waals surface area contributed by atoms with E-state index in [4.69, 9.17) is 16.3 Å². The summed E-state index contributed by atoms with van der Waals surface area (Å²) in [6.07, 6.45) is 3.24. The smallest absolute Gasteiger partial charge is 0.411 e. The lowest BCUT2D eigenvalue weighted by molar-refractivity contribution is 0.0130. The highest BCUT2D eigenvalue weighted by Gasteiger charge is 2.31. The predicted molar refractivity (Wildman–Crippen MR) is 90.6 cm³/mol. The molecule has 0 bridgehead atoms. The molecule has 0 aliphatic carbocycles. The van der Waals surface area contributed by atoms with E-state index < -0.39 is 5.60 Å². The molecule has 0 spiro atoms. The highest BCUT2D eigenvalue weighted by molar-refractivity contribution is 6.29. The maximum atomic E-state index is 12.4. The number of halogens is 1. The summed E-state index contributed by atoms with van der Waals surface area (Å²) in [7, 11) is 0. The number of nitrogens with one attached hydrogen (secondary N) is 1. The zero-order chi connectivity index (χ0) is 17.0. The lowest BCUT2D eigenvalue weighted by Crippen LogP contribution is -2.49. The Balaban J connectivity index is 2.14. The van der Waals surface area contributed by atoms with Gasteiger partial charge in [-0.05, 0) is 58.1 Å². The molecule has 0 saturated carbocycles. The molecule has 1 fully saturated rings. The first-order valence-corrected chi connectivity index (χ1v) is 8.46. The maximum absolute atomic E-state index is 12.4. The van der Waals surface area contributed by atoms with Gasteiger partial charge in [0.1, 0.15) is 11.8 Å². The molecule has 0 aromatic carbocycles. The van der Waals surface area contributed by atoms with Crippen LogP contribution in [-0.4, -0.2) is 39.5 Å². The Morgan fingerprint density at radius 2 is 2.17 bits per heavy atom. The Morgan fingerprint density at radius 3 is 2.83 bits per heavy atom. The molecule has 1 atom stereocenters. The number of carbonyl (C=O) groups excluding carboxylic acids is 1. The van der Waals surface area contributed by atoms with Gasteiger partial charge in [-0.2, -0.15) is 0 Å². The van der Waals surface area contributed by atoms with Crippen LogP contribution in [0.3, 0.4) is 0 Å². The summed E-state index contributed by atoms with van der Waals surface area (Å²) in [5.74, 6) is 0.678. The number of likely N-dealkylation sites (tertiary alicyclic amines) is 1. The second-order valence-corrected chi connectivity index (χ2v) is 7.11. The molecule has 1 aliphatic rings. The maximum Gasteiger partial charge on any atom is 0.411 e. The first-order chi connectivity index (χ1) is 10.8. The minimum Gasteiger partial charge on any atom is -0.444 e. The Bertz CT molecular complexity index is 560. The van der Waals surface area contributed by atoms with Crippen molar-refractivity contribution in [1.29, 1.82) is 0 Å². The van der Waals surface area contributed by atoms with Gasteiger partial charge in [0.05, 0.1) is 0 Å². The molecular weight excluding hydrogens is 316 g/mol. The van der Waals surface area contributed by atoms with Crippen molar-refractivity contribution in [2.75, 3.05) is 11.9 Å². The van der Waals surface area contributed by atoms with Crippen molar-refractivity contribution in [3.8, 4) is 0 Å². The minimum atomic E-state index is -0.506. The highest BCUT2D eigenvalue weighted by atomic mass is 35.5. The quantitative estimate of drug-likeness (QED) is 0.905. The van der Waals surface area contributed by atoms with Gasteiger partial charge in [-0.1, -0.05) is 18.5 Å². The molecule has 1 aromatic heterocycles. The van der Waals surface area contributed by atoms with Crippen LogP contribution in [0.4, 0.5) is 10.6 Å². The molecule has 1 unspecified atom stereocenters. The van der Waals surface area contributed by atoms with Gasteiger partial charge < -0.3 is 10.1 Å². The van der Waals surface area contributed by atoms with E-state index in [-0.39, 0.29) is 12.3 Å². The van der Waals surface area contributed by atoms with Gasteiger partial charge in [0, 0.05) is 6.54 Å². The summed E-state index contributed by atoms with van der Waals surface area (Å²) in [5.41, 5.74) is 0.480. The standard InChI is InChI=1S/C16H25ClN4O2/c1-5-11-10-12(17)19-20-14(11)18-13-8-6-7-9-21(13)15(22)23-16(2,3)4/h10,13H,5-9H2,1-4H3,(H,18,20). The molecule has 0 radical (unpaired) electrons. The van der Waals surface area contributed by atoms with E-state index in [9.17, 15) is 4.79 Å². The molecule has 6 nitrogen and oxygen atoms in total. The number of aromatic nitrogens is 2. The number of hydrogen-bond acceptors (Lipinski definition) is 5. The number of anilines is 1. The Labute approximate surface area is 142 Å². The van der Waals surface area contributed by atoms with Crippen molar-refractivity contribution in [2.45, 2.75) is 65.1 Å². The Kier molecular flexibility index (Phi) is 5.68. The highest BCUT2D eigenvalue weighted by Crippen LogP contribution is 2.24. The fourth-order valence-electron chi connectivity index (χ4n) is 2.57. The van der Waals surface area contributed by atoms with E-state index >= 15 is 0 Å². The minimum absolute atomic E-state index is 0.139. The number of amides is 1. The van der Waals surface area contributed by atoms with Crippen molar-refractivity contribution in [1.82, 2.24) is 15.1 Å². The molecule has 1 aromatic rings. The fourth-order valence-corrected chi connectivity index (χ4v) is 2.74. The van der Waals surface area contributed by atoms with Gasteiger partial charge in [-0.15, -0.1) is 10.2 Å². The summed E-state index contributed by atoms with van der Waals surface area (Å²) >= 11 is 5.90. The van der Waals surface area contributed by atoms with E-state index in [2.05, 4.69) is 15.5 Å². The van der Waals surface area contributed by atoms with Crippen molar-refractivity contribution < 1.29 is 9.53 Å². The molecule has 1 aliphatic heterocycles. The fraction of sp³-hybridized carbons (Fsp3) is 0.688. The molecule has 2 heterocycles. The van der Waals surface area contributed by atoms with Gasteiger partial charge in [0.15, 0.2) is 11.0 Å². The normalized spacial score (nSPS) is 18.7. The van der Waals surface area contributed by atoms with E-state index in [0.717, 1.165) is 31.2 Å². The lowest BCUT2D eigenvalue weighted by Gasteiger charge is -2.37. The number of carbonyl (C=O) groups is 1. The van der Waals surface area contributed by atoms with E-state index in [0.29, 0.717) is 17.5 Å². The second-order valence-electron chi connectivity index (χ2n) is 6.72. The first-order valence-electron chi connectivity index (χ1n) is 8.08. The topological polar surface area (TPSA) is 67.4 Å². The van der Waals surface area contributed by atoms with Crippen molar-refractivity contribution in [3.63, 3.8) is 0 Å². The summed E-state index contributed by atoms with van der Waals surface area (Å²) in [4.78, 5) is 14.2. The molecule has 2 rings (SSSR count). The molecule has 23 heavy (non-hydrogen) atoms. The number of nitrogens with zero attached hydrogens (tertiary/aromatic N) is 3. The molecule has 1 amide bonds. The van der Waals surface area contributed by atoms with Gasteiger partial charge in [0.2, 0.25) is 0 Å². The first kappa shape index (κ1) is 17.8. The third-order valence-corrected chi connectivity index (χ3v) is 3.84. The van der Waals surface area contributed by atoms with Crippen LogP contribution >= 0.6 is 11.6 Å². The predicted octanol–water partition coefficient (Wildman–Crippen LogP) is 3.85. The van der Waals surface area contributed by atoms with Gasteiger partial charge in [0.25, 0.3) is 0 Å². The summed E-state index contributed by atoms with van der Waals surface area (Å²) in [5, 5.41) is 11.8. The number of aryl methyl sites for hydroxylation is 1. The number of piperidine rings is 1. The lowest BCUT2D eigenvalue weighted by atomic mass is 10.1. The van der Waals surface area contributed by atoms with Crippen LogP contribution in [0.15, 0.2) is 6.07 Å². The van der Waals surface area contributed by atoms with E-state index in [1.807, 2.05) is 27.7 Å².